The summed E-state index contributed by atoms with van der Waals surface area (Å²) in [6.45, 7) is 9.65. The van der Waals surface area contributed by atoms with Crippen LogP contribution in [0.1, 0.15) is 38.0 Å². The Kier molecular flexibility index (Phi) is 3.68. The molecular weight excluding hydrogens is 222 g/mol. The maximum atomic E-state index is 11.7. The van der Waals surface area contributed by atoms with Crippen LogP contribution >= 0.6 is 0 Å². The van der Waals surface area contributed by atoms with Gasteiger partial charge in [0.05, 0.1) is 16.7 Å². The van der Waals surface area contributed by atoms with Crippen molar-refractivity contribution in [2.45, 2.75) is 39.4 Å². The van der Waals surface area contributed by atoms with Crippen molar-refractivity contribution in [2.75, 3.05) is 0 Å². The van der Waals surface area contributed by atoms with Crippen molar-refractivity contribution >= 4 is 17.2 Å². The molecule has 1 unspecified atom stereocenters. The van der Waals surface area contributed by atoms with Gasteiger partial charge in [0.2, 0.25) is 0 Å². The van der Waals surface area contributed by atoms with Crippen LogP contribution in [0.2, 0.25) is 0 Å². The molecule has 1 heterocycles. The topological polar surface area (TPSA) is 47.2 Å². The summed E-state index contributed by atoms with van der Waals surface area (Å²) in [7, 11) is 0.700. The summed E-state index contributed by atoms with van der Waals surface area (Å²) < 4.78 is 17.4. The van der Waals surface area contributed by atoms with Crippen molar-refractivity contribution in [3.05, 3.63) is 17.2 Å². The molecule has 1 atom stereocenters. The number of rotatable bonds is 2. The van der Waals surface area contributed by atoms with E-state index in [9.17, 15) is 4.21 Å². The molecule has 0 bridgehead atoms. The van der Waals surface area contributed by atoms with E-state index in [1.54, 1.807) is 6.21 Å². The van der Waals surface area contributed by atoms with Gasteiger partial charge in [0.1, 0.15) is 11.0 Å². The zero-order valence-electron chi connectivity index (χ0n) is 10.7. The standard InChI is InChI=1S/C11H19N3OS/c1-8-9(2)14(6)10(13-8)7-12-16(15)11(3,4)5/h7H,1-6H3. The number of hydrogen-bond donors (Lipinski definition) is 0. The van der Waals surface area contributed by atoms with E-state index in [2.05, 4.69) is 9.38 Å². The average Bonchev–Trinajstić information content (AvgIpc) is 2.41. The molecule has 90 valence electrons. The summed E-state index contributed by atoms with van der Waals surface area (Å²) in [5, 5.41) is 0. The zero-order chi connectivity index (χ0) is 12.5. The summed E-state index contributed by atoms with van der Waals surface area (Å²) in [4.78, 5) is 4.34. The first kappa shape index (κ1) is 13.1. The van der Waals surface area contributed by atoms with E-state index in [1.165, 1.54) is 0 Å². The van der Waals surface area contributed by atoms with Gasteiger partial charge in [-0.2, -0.15) is 4.40 Å². The molecule has 0 saturated carbocycles. The monoisotopic (exact) mass is 241 g/mol. The Hall–Kier alpha value is -0.970. The van der Waals surface area contributed by atoms with Crippen LogP contribution in [0, 0.1) is 13.8 Å². The van der Waals surface area contributed by atoms with Crippen LogP contribution < -0.4 is 0 Å². The van der Waals surface area contributed by atoms with Gasteiger partial charge in [-0.1, -0.05) is 0 Å². The first-order chi connectivity index (χ1) is 7.23. The molecule has 16 heavy (non-hydrogen) atoms. The van der Waals surface area contributed by atoms with Gasteiger partial charge in [0.15, 0.2) is 5.82 Å². The summed E-state index contributed by atoms with van der Waals surface area (Å²) in [5.41, 5.74) is 2.08. The second kappa shape index (κ2) is 4.49. The summed E-state index contributed by atoms with van der Waals surface area (Å²) in [5.74, 6) is 0.743. The van der Waals surface area contributed by atoms with Crippen molar-refractivity contribution in [2.24, 2.45) is 11.4 Å². The Balaban J connectivity index is 2.94. The maximum absolute atomic E-state index is 11.7. The molecule has 0 aliphatic rings. The van der Waals surface area contributed by atoms with Crippen LogP contribution in [0.5, 0.6) is 0 Å². The molecule has 5 heteroatoms. The molecule has 0 amide bonds. The third-order valence-electron chi connectivity index (χ3n) is 2.44. The molecule has 0 radical (unpaired) electrons. The summed E-state index contributed by atoms with van der Waals surface area (Å²) >= 11 is 0. The van der Waals surface area contributed by atoms with Crippen molar-refractivity contribution in [3.63, 3.8) is 0 Å². The van der Waals surface area contributed by atoms with E-state index in [0.29, 0.717) is 0 Å². The van der Waals surface area contributed by atoms with Gasteiger partial charge in [0, 0.05) is 12.7 Å². The first-order valence-corrected chi connectivity index (χ1v) is 6.30. The van der Waals surface area contributed by atoms with E-state index in [4.69, 9.17) is 0 Å². The van der Waals surface area contributed by atoms with Crippen LogP contribution in [0.4, 0.5) is 0 Å². The van der Waals surface area contributed by atoms with Crippen molar-refractivity contribution in [1.29, 1.82) is 0 Å². The van der Waals surface area contributed by atoms with E-state index >= 15 is 0 Å². The third-order valence-corrected chi connectivity index (χ3v) is 3.79. The normalized spacial score (nSPS) is 14.6. The van der Waals surface area contributed by atoms with E-state index < -0.39 is 11.0 Å². The third kappa shape index (κ3) is 2.78. The van der Waals surface area contributed by atoms with Crippen molar-refractivity contribution in [3.8, 4) is 0 Å². The molecule has 4 nitrogen and oxygen atoms in total. The number of aromatic nitrogens is 2. The van der Waals surface area contributed by atoms with Crippen LogP contribution in [-0.2, 0) is 18.0 Å². The lowest BCUT2D eigenvalue weighted by Crippen LogP contribution is -2.19. The second-order valence-electron chi connectivity index (χ2n) is 4.80. The largest absolute Gasteiger partial charge is 0.330 e. The fraction of sp³-hybridized carbons (Fsp3) is 0.636. The molecule has 1 aromatic heterocycles. The SMILES string of the molecule is Cc1nc(C=NS(=O)C(C)(C)C)n(C)c1C. The molecule has 0 aliphatic heterocycles. The Morgan fingerprint density at radius 3 is 2.31 bits per heavy atom. The van der Waals surface area contributed by atoms with E-state index in [0.717, 1.165) is 17.2 Å². The zero-order valence-corrected chi connectivity index (χ0v) is 11.6. The molecular formula is C11H19N3OS. The smallest absolute Gasteiger partial charge is 0.152 e. The maximum Gasteiger partial charge on any atom is 0.152 e. The van der Waals surface area contributed by atoms with Crippen LogP contribution in [0.3, 0.4) is 0 Å². The van der Waals surface area contributed by atoms with Gasteiger partial charge >= 0.3 is 0 Å². The minimum Gasteiger partial charge on any atom is -0.330 e. The highest BCUT2D eigenvalue weighted by molar-refractivity contribution is 7.85. The molecule has 1 aromatic rings. The van der Waals surface area contributed by atoms with Crippen molar-refractivity contribution in [1.82, 2.24) is 9.55 Å². The number of hydrogen-bond acceptors (Lipinski definition) is 2. The highest BCUT2D eigenvalue weighted by Gasteiger charge is 2.18. The molecule has 0 spiro atoms. The molecule has 0 aliphatic carbocycles. The fourth-order valence-corrected chi connectivity index (χ4v) is 1.62. The molecule has 0 aromatic carbocycles. The van der Waals surface area contributed by atoms with Gasteiger partial charge in [0.25, 0.3) is 0 Å². The Labute approximate surface area is 99.4 Å². The van der Waals surface area contributed by atoms with Gasteiger partial charge in [-0.05, 0) is 34.6 Å². The first-order valence-electron chi connectivity index (χ1n) is 5.19. The number of imidazole rings is 1. The van der Waals surface area contributed by atoms with Crippen LogP contribution in [0.15, 0.2) is 4.40 Å². The Morgan fingerprint density at radius 2 is 1.94 bits per heavy atom. The van der Waals surface area contributed by atoms with Crippen LogP contribution in [-0.4, -0.2) is 24.7 Å². The molecule has 0 saturated heterocycles. The summed E-state index contributed by atoms with van der Waals surface area (Å²) in [6, 6.07) is 0. The average molecular weight is 241 g/mol. The minimum atomic E-state index is -1.23. The lowest BCUT2D eigenvalue weighted by molar-refractivity contribution is 0.651. The Morgan fingerprint density at radius 1 is 1.38 bits per heavy atom. The Bertz CT molecular complexity index is 441. The highest BCUT2D eigenvalue weighted by Crippen LogP contribution is 2.12. The fourth-order valence-electron chi connectivity index (χ4n) is 1.11. The van der Waals surface area contributed by atoms with E-state index in [-0.39, 0.29) is 4.75 Å². The van der Waals surface area contributed by atoms with Crippen LogP contribution in [0.25, 0.3) is 0 Å². The second-order valence-corrected chi connectivity index (χ2v) is 6.73. The molecule has 0 fully saturated rings. The van der Waals surface area contributed by atoms with Gasteiger partial charge in [-0.25, -0.2) is 9.19 Å². The quantitative estimate of drug-likeness (QED) is 0.743. The predicted octanol–water partition coefficient (Wildman–Crippen LogP) is 1.92. The van der Waals surface area contributed by atoms with Gasteiger partial charge in [-0.15, -0.1) is 0 Å². The van der Waals surface area contributed by atoms with Gasteiger partial charge in [-0.3, -0.25) is 0 Å². The van der Waals surface area contributed by atoms with E-state index in [1.807, 2.05) is 46.2 Å². The highest BCUT2D eigenvalue weighted by atomic mass is 32.2. The minimum absolute atomic E-state index is 0.328. The van der Waals surface area contributed by atoms with Gasteiger partial charge < -0.3 is 4.57 Å². The number of aryl methyl sites for hydroxylation is 1. The lowest BCUT2D eigenvalue weighted by atomic mass is 10.3. The molecule has 1 rings (SSSR count). The number of nitrogens with zero attached hydrogens (tertiary/aromatic N) is 3. The van der Waals surface area contributed by atoms with Crippen molar-refractivity contribution < 1.29 is 4.21 Å². The predicted molar refractivity (Wildman–Crippen MR) is 68.2 cm³/mol. The molecule has 0 N–H and O–H groups in total. The lowest BCUT2D eigenvalue weighted by Gasteiger charge is -2.12. The summed E-state index contributed by atoms with van der Waals surface area (Å²) in [6.07, 6.45) is 1.58.